The zero-order valence-corrected chi connectivity index (χ0v) is 24.1. The third-order valence-electron chi connectivity index (χ3n) is 7.59. The first-order valence-corrected chi connectivity index (χ1v) is 14.3. The highest BCUT2D eigenvalue weighted by Crippen LogP contribution is 2.20. The van der Waals surface area contributed by atoms with Crippen LogP contribution in [0.15, 0.2) is 73.4 Å². The number of aromatic amines is 3. The van der Waals surface area contributed by atoms with Crippen molar-refractivity contribution in [2.24, 2.45) is 5.73 Å². The van der Waals surface area contributed by atoms with Gasteiger partial charge in [-0.15, -0.1) is 0 Å². The zero-order chi connectivity index (χ0) is 31.9. The van der Waals surface area contributed by atoms with Crippen LogP contribution in [0.1, 0.15) is 16.8 Å². The Morgan fingerprint density at radius 1 is 0.733 bits per heavy atom. The average molecular weight is 615 g/mol. The molecule has 0 radical (unpaired) electrons. The van der Waals surface area contributed by atoms with Crippen molar-refractivity contribution in [2.45, 2.75) is 43.4 Å². The van der Waals surface area contributed by atoms with Gasteiger partial charge in [-0.25, -0.2) is 9.78 Å². The Morgan fingerprint density at radius 3 is 1.87 bits per heavy atom. The number of aliphatic carboxylic acids is 1. The van der Waals surface area contributed by atoms with Crippen LogP contribution in [0.5, 0.6) is 0 Å². The first-order valence-electron chi connectivity index (χ1n) is 14.3. The molecule has 0 aliphatic carbocycles. The lowest BCUT2D eigenvalue weighted by Crippen LogP contribution is -2.58. The Kier molecular flexibility index (Phi) is 9.55. The molecule has 2 aromatic carbocycles. The first-order chi connectivity index (χ1) is 21.7. The fraction of sp³-hybridized carbons (Fsp3) is 0.258. The summed E-state index contributed by atoms with van der Waals surface area (Å²) in [5, 5.41) is 29.0. The Bertz CT molecular complexity index is 1800. The second-order valence-electron chi connectivity index (χ2n) is 10.7. The maximum absolute atomic E-state index is 13.4. The topological polar surface area (TPSA) is 231 Å². The van der Waals surface area contributed by atoms with Crippen molar-refractivity contribution < 1.29 is 29.4 Å². The predicted molar refractivity (Wildman–Crippen MR) is 165 cm³/mol. The third kappa shape index (κ3) is 7.37. The molecule has 14 nitrogen and oxygen atoms in total. The van der Waals surface area contributed by atoms with Gasteiger partial charge in [0.1, 0.15) is 18.1 Å². The summed E-state index contributed by atoms with van der Waals surface area (Å²) in [7, 11) is 0. The average Bonchev–Trinajstić information content (AvgIpc) is 3.80. The van der Waals surface area contributed by atoms with Crippen LogP contribution in [0, 0.1) is 0 Å². The van der Waals surface area contributed by atoms with Gasteiger partial charge in [0.2, 0.25) is 17.7 Å². The van der Waals surface area contributed by atoms with Gasteiger partial charge in [-0.1, -0.05) is 36.4 Å². The summed E-state index contributed by atoms with van der Waals surface area (Å²) < 4.78 is 0. The van der Waals surface area contributed by atoms with Crippen LogP contribution in [0.2, 0.25) is 0 Å². The van der Waals surface area contributed by atoms with Crippen molar-refractivity contribution in [3.05, 3.63) is 90.3 Å². The zero-order valence-electron chi connectivity index (χ0n) is 24.1. The van der Waals surface area contributed by atoms with E-state index in [-0.39, 0.29) is 19.3 Å². The van der Waals surface area contributed by atoms with Gasteiger partial charge >= 0.3 is 5.97 Å². The molecule has 45 heavy (non-hydrogen) atoms. The molecule has 10 N–H and O–H groups in total. The minimum Gasteiger partial charge on any atom is -0.480 e. The molecule has 0 saturated carbocycles. The first kappa shape index (κ1) is 31.0. The fourth-order valence-electron chi connectivity index (χ4n) is 5.19. The number of hydrogen-bond acceptors (Lipinski definition) is 7. The summed E-state index contributed by atoms with van der Waals surface area (Å²) in [5.74, 6) is -3.57. The van der Waals surface area contributed by atoms with E-state index in [1.165, 1.54) is 12.5 Å². The normalized spacial score (nSPS) is 14.0. The van der Waals surface area contributed by atoms with Gasteiger partial charge in [0.25, 0.3) is 0 Å². The molecule has 0 saturated heterocycles. The Hall–Kier alpha value is -5.47. The van der Waals surface area contributed by atoms with Crippen molar-refractivity contribution >= 4 is 45.5 Å². The number of aliphatic hydroxyl groups is 1. The molecule has 0 bridgehead atoms. The van der Waals surface area contributed by atoms with Crippen molar-refractivity contribution in [1.29, 1.82) is 0 Å². The van der Waals surface area contributed by atoms with Gasteiger partial charge in [0, 0.05) is 58.9 Å². The Labute approximate surface area is 256 Å². The number of carboxylic acids is 1. The lowest BCUT2D eigenvalue weighted by atomic mass is 10.0. The smallest absolute Gasteiger partial charge is 0.326 e. The van der Waals surface area contributed by atoms with Crippen LogP contribution >= 0.6 is 0 Å². The molecule has 4 atom stereocenters. The molecule has 0 aliphatic rings. The molecule has 14 heteroatoms. The van der Waals surface area contributed by atoms with Crippen LogP contribution < -0.4 is 21.7 Å². The van der Waals surface area contributed by atoms with Gasteiger partial charge in [0.15, 0.2) is 0 Å². The van der Waals surface area contributed by atoms with Gasteiger partial charge in [-0.3, -0.25) is 14.4 Å². The second kappa shape index (κ2) is 13.9. The highest BCUT2D eigenvalue weighted by molar-refractivity contribution is 5.95. The van der Waals surface area contributed by atoms with Crippen LogP contribution in [0.25, 0.3) is 21.8 Å². The number of imidazole rings is 1. The number of H-pyrrole nitrogens is 3. The summed E-state index contributed by atoms with van der Waals surface area (Å²) >= 11 is 0. The molecule has 3 amide bonds. The number of aromatic nitrogens is 4. The highest BCUT2D eigenvalue weighted by Gasteiger charge is 2.31. The van der Waals surface area contributed by atoms with Gasteiger partial charge < -0.3 is 46.8 Å². The lowest BCUT2D eigenvalue weighted by Gasteiger charge is -2.24. The van der Waals surface area contributed by atoms with Crippen LogP contribution in [-0.4, -0.2) is 84.6 Å². The van der Waals surface area contributed by atoms with Crippen molar-refractivity contribution in [1.82, 2.24) is 35.9 Å². The number of aliphatic hydroxyl groups excluding tert-OH is 1. The number of amides is 3. The molecule has 0 aliphatic heterocycles. The minimum atomic E-state index is -1.50. The second-order valence-corrected chi connectivity index (χ2v) is 10.7. The monoisotopic (exact) mass is 614 g/mol. The van der Waals surface area contributed by atoms with Crippen molar-refractivity contribution in [3.63, 3.8) is 0 Å². The number of nitrogens with one attached hydrogen (secondary N) is 6. The highest BCUT2D eigenvalue weighted by atomic mass is 16.4. The Balaban J connectivity index is 1.25. The largest absolute Gasteiger partial charge is 0.480 e. The van der Waals surface area contributed by atoms with Crippen LogP contribution in [0.4, 0.5) is 0 Å². The third-order valence-corrected chi connectivity index (χ3v) is 7.59. The standard InChI is InChI=1S/C31H34N8O6/c32-22(9-17-12-34-23-7-3-1-5-20(17)23)28(41)37-25(11-19-14-33-16-36-19)29(42)39-27(15-40)30(43)38-26(31(44)45)10-18-13-35-24-8-4-2-6-21(18)24/h1-8,12-14,16,22,25-27,34-35,40H,9-11,15,32H2,(H,33,36)(H,37,41)(H,38,43)(H,39,42)(H,44,45). The van der Waals surface area contributed by atoms with Gasteiger partial charge in [-0.2, -0.15) is 0 Å². The van der Waals surface area contributed by atoms with E-state index in [4.69, 9.17) is 5.73 Å². The van der Waals surface area contributed by atoms with E-state index >= 15 is 0 Å². The number of nitrogens with zero attached hydrogens (tertiary/aromatic N) is 1. The molecule has 234 valence electrons. The number of carbonyl (C=O) groups is 4. The molecule has 0 fully saturated rings. The number of benzene rings is 2. The summed E-state index contributed by atoms with van der Waals surface area (Å²) in [6.07, 6.45) is 6.49. The number of carboxylic acid groups (broad SMARTS) is 1. The summed E-state index contributed by atoms with van der Waals surface area (Å²) in [4.78, 5) is 64.7. The number of carbonyl (C=O) groups excluding carboxylic acids is 3. The van der Waals surface area contributed by atoms with E-state index in [1.54, 1.807) is 12.4 Å². The number of nitrogens with two attached hydrogens (primary N) is 1. The maximum Gasteiger partial charge on any atom is 0.326 e. The van der Waals surface area contributed by atoms with E-state index < -0.39 is 54.5 Å². The number of para-hydroxylation sites is 2. The van der Waals surface area contributed by atoms with Crippen LogP contribution in [0.3, 0.4) is 0 Å². The molecule has 3 heterocycles. The molecule has 4 unspecified atom stereocenters. The SMILES string of the molecule is NC(Cc1c[nH]c2ccccc12)C(=O)NC(Cc1cnc[nH]1)C(=O)NC(CO)C(=O)NC(Cc1c[nH]c2ccccc12)C(=O)O. The van der Waals surface area contributed by atoms with Crippen LogP contribution in [-0.2, 0) is 38.4 Å². The number of hydrogen-bond donors (Lipinski definition) is 9. The van der Waals surface area contributed by atoms with E-state index in [1.807, 2.05) is 48.5 Å². The van der Waals surface area contributed by atoms with Crippen molar-refractivity contribution in [3.8, 4) is 0 Å². The quantitative estimate of drug-likeness (QED) is 0.0840. The van der Waals surface area contributed by atoms with Gasteiger partial charge in [-0.05, 0) is 29.7 Å². The molecule has 3 aromatic heterocycles. The maximum atomic E-state index is 13.4. The van der Waals surface area contributed by atoms with E-state index in [0.29, 0.717) is 11.3 Å². The van der Waals surface area contributed by atoms with Gasteiger partial charge in [0.05, 0.1) is 19.0 Å². The number of rotatable bonds is 14. The molecular formula is C31H34N8O6. The summed E-state index contributed by atoms with van der Waals surface area (Å²) in [6, 6.07) is 9.89. The van der Waals surface area contributed by atoms with E-state index in [2.05, 4.69) is 35.9 Å². The number of fused-ring (bicyclic) bond motifs is 2. The fourth-order valence-corrected chi connectivity index (χ4v) is 5.19. The molecular weight excluding hydrogens is 580 g/mol. The minimum absolute atomic E-state index is 0.0184. The van der Waals surface area contributed by atoms with E-state index in [9.17, 15) is 29.4 Å². The van der Waals surface area contributed by atoms with E-state index in [0.717, 1.165) is 27.4 Å². The molecule has 5 aromatic rings. The Morgan fingerprint density at radius 2 is 1.29 bits per heavy atom. The predicted octanol–water partition coefficient (Wildman–Crippen LogP) is 0.259. The molecule has 0 spiro atoms. The lowest BCUT2D eigenvalue weighted by molar-refractivity contribution is -0.142. The summed E-state index contributed by atoms with van der Waals surface area (Å²) in [5.41, 5.74) is 9.98. The summed E-state index contributed by atoms with van der Waals surface area (Å²) in [6.45, 7) is -0.818. The molecule has 5 rings (SSSR count). The van der Waals surface area contributed by atoms with Crippen molar-refractivity contribution in [2.75, 3.05) is 6.61 Å².